The highest BCUT2D eigenvalue weighted by molar-refractivity contribution is 7.92. The predicted molar refractivity (Wildman–Crippen MR) is 137 cm³/mol. The minimum Gasteiger partial charge on any atom is -0.354 e. The van der Waals surface area contributed by atoms with Gasteiger partial charge in [-0.25, -0.2) is 8.42 Å². The minimum atomic E-state index is -3.76. The Labute approximate surface area is 208 Å². The van der Waals surface area contributed by atoms with Crippen molar-refractivity contribution in [1.29, 1.82) is 0 Å². The molecule has 0 aliphatic carbocycles. The summed E-state index contributed by atoms with van der Waals surface area (Å²) in [4.78, 5) is 27.7. The molecular formula is C25H34ClN3O4S. The number of sulfonamides is 1. The zero-order valence-corrected chi connectivity index (χ0v) is 22.2. The van der Waals surface area contributed by atoms with Crippen molar-refractivity contribution in [1.82, 2.24) is 10.2 Å². The first-order valence-electron chi connectivity index (χ1n) is 11.2. The van der Waals surface area contributed by atoms with Gasteiger partial charge in [-0.2, -0.15) is 0 Å². The SMILES string of the molecule is Cc1ccc(N(CC(=O)N(Cc2ccc(Cl)cc2)C(C)C(=O)NCC(C)C)S(C)(=O)=O)c(C)c1. The zero-order chi connectivity index (χ0) is 25.6. The molecule has 2 aromatic rings. The van der Waals surface area contributed by atoms with E-state index in [1.165, 1.54) is 4.90 Å². The maximum absolute atomic E-state index is 13.5. The Bertz CT molecular complexity index is 1120. The standard InChI is InChI=1S/C25H34ClN3O4S/c1-17(2)14-27-25(31)20(5)28(15-21-8-10-22(26)11-9-21)24(30)16-29(34(6,32)33)23-12-7-18(3)13-19(23)4/h7-13,17,20H,14-16H2,1-6H3,(H,27,31). The Morgan fingerprint density at radius 2 is 1.65 bits per heavy atom. The lowest BCUT2D eigenvalue weighted by Crippen LogP contribution is -2.51. The van der Waals surface area contributed by atoms with Gasteiger partial charge in [0.1, 0.15) is 12.6 Å². The van der Waals surface area contributed by atoms with Crippen molar-refractivity contribution in [2.75, 3.05) is 23.7 Å². The quantitative estimate of drug-likeness (QED) is 0.528. The summed E-state index contributed by atoms with van der Waals surface area (Å²) in [5.74, 6) is -0.525. The van der Waals surface area contributed by atoms with Crippen molar-refractivity contribution >= 4 is 39.1 Å². The Morgan fingerprint density at radius 1 is 1.03 bits per heavy atom. The average molecular weight is 508 g/mol. The van der Waals surface area contributed by atoms with E-state index < -0.39 is 28.5 Å². The lowest BCUT2D eigenvalue weighted by molar-refractivity contribution is -0.139. The molecule has 34 heavy (non-hydrogen) atoms. The molecule has 2 amide bonds. The summed E-state index contributed by atoms with van der Waals surface area (Å²) in [6, 6.07) is 11.5. The van der Waals surface area contributed by atoms with E-state index in [2.05, 4.69) is 5.32 Å². The molecule has 2 rings (SSSR count). The van der Waals surface area contributed by atoms with Crippen LogP contribution < -0.4 is 9.62 Å². The maximum atomic E-state index is 13.5. The van der Waals surface area contributed by atoms with Crippen LogP contribution in [-0.2, 0) is 26.2 Å². The third-order valence-electron chi connectivity index (χ3n) is 5.42. The number of nitrogens with one attached hydrogen (secondary N) is 1. The summed E-state index contributed by atoms with van der Waals surface area (Å²) in [5.41, 5.74) is 2.94. The first-order valence-corrected chi connectivity index (χ1v) is 13.4. The fraction of sp³-hybridized carbons (Fsp3) is 0.440. The number of carbonyl (C=O) groups is 2. The van der Waals surface area contributed by atoms with Gasteiger partial charge in [0.05, 0.1) is 11.9 Å². The first-order chi connectivity index (χ1) is 15.8. The number of hydrogen-bond donors (Lipinski definition) is 1. The van der Waals surface area contributed by atoms with Gasteiger partial charge in [0.2, 0.25) is 21.8 Å². The fourth-order valence-electron chi connectivity index (χ4n) is 3.50. The van der Waals surface area contributed by atoms with Gasteiger partial charge in [0.25, 0.3) is 0 Å². The predicted octanol–water partition coefficient (Wildman–Crippen LogP) is 3.91. The number of benzene rings is 2. The smallest absolute Gasteiger partial charge is 0.244 e. The van der Waals surface area contributed by atoms with Crippen molar-refractivity contribution in [2.45, 2.75) is 47.2 Å². The van der Waals surface area contributed by atoms with Crippen LogP contribution in [-0.4, -0.2) is 50.5 Å². The van der Waals surface area contributed by atoms with Crippen molar-refractivity contribution < 1.29 is 18.0 Å². The molecule has 0 saturated heterocycles. The summed E-state index contributed by atoms with van der Waals surface area (Å²) in [6.45, 7) is 9.52. The van der Waals surface area contributed by atoms with Gasteiger partial charge in [0.15, 0.2) is 0 Å². The molecule has 0 spiro atoms. The van der Waals surface area contributed by atoms with E-state index in [1.54, 1.807) is 50.2 Å². The Hall–Kier alpha value is -2.58. The molecule has 186 valence electrons. The van der Waals surface area contributed by atoms with Crippen LogP contribution in [0.25, 0.3) is 0 Å². The number of rotatable bonds is 10. The highest BCUT2D eigenvalue weighted by Crippen LogP contribution is 2.24. The summed E-state index contributed by atoms with van der Waals surface area (Å²) in [7, 11) is -3.76. The lowest BCUT2D eigenvalue weighted by atomic mass is 10.1. The molecule has 0 heterocycles. The number of amides is 2. The molecule has 0 bridgehead atoms. The molecule has 1 atom stereocenters. The average Bonchev–Trinajstić information content (AvgIpc) is 2.74. The molecule has 9 heteroatoms. The lowest BCUT2D eigenvalue weighted by Gasteiger charge is -2.32. The number of anilines is 1. The summed E-state index contributed by atoms with van der Waals surface area (Å²) in [6.07, 6.45) is 1.07. The van der Waals surface area contributed by atoms with Crippen molar-refractivity contribution in [3.05, 3.63) is 64.2 Å². The minimum absolute atomic E-state index is 0.136. The van der Waals surface area contributed by atoms with Crippen LogP contribution in [0.4, 0.5) is 5.69 Å². The molecule has 1 unspecified atom stereocenters. The monoisotopic (exact) mass is 507 g/mol. The van der Waals surface area contributed by atoms with Crippen molar-refractivity contribution in [3.8, 4) is 0 Å². The van der Waals surface area contributed by atoms with Gasteiger partial charge in [-0.05, 0) is 56.0 Å². The number of hydrogen-bond acceptors (Lipinski definition) is 4. The van der Waals surface area contributed by atoms with Gasteiger partial charge in [-0.3, -0.25) is 13.9 Å². The third-order valence-corrected chi connectivity index (χ3v) is 6.80. The van der Waals surface area contributed by atoms with E-state index >= 15 is 0 Å². The van der Waals surface area contributed by atoms with E-state index in [0.717, 1.165) is 27.3 Å². The van der Waals surface area contributed by atoms with Crippen LogP contribution in [0.3, 0.4) is 0 Å². The molecule has 0 aliphatic rings. The molecular weight excluding hydrogens is 474 g/mol. The fourth-order valence-corrected chi connectivity index (χ4v) is 4.53. The molecule has 0 saturated carbocycles. The number of aryl methyl sites for hydroxylation is 2. The third kappa shape index (κ3) is 7.74. The van der Waals surface area contributed by atoms with Gasteiger partial charge < -0.3 is 10.2 Å². The molecule has 0 fully saturated rings. The van der Waals surface area contributed by atoms with Crippen molar-refractivity contribution in [2.24, 2.45) is 5.92 Å². The Morgan fingerprint density at radius 3 is 2.18 bits per heavy atom. The highest BCUT2D eigenvalue weighted by Gasteiger charge is 2.30. The number of halogens is 1. The molecule has 7 nitrogen and oxygen atoms in total. The van der Waals surface area contributed by atoms with E-state index in [9.17, 15) is 18.0 Å². The largest absolute Gasteiger partial charge is 0.354 e. The van der Waals surface area contributed by atoms with Crippen LogP contribution >= 0.6 is 11.6 Å². The van der Waals surface area contributed by atoms with Crippen LogP contribution in [0.2, 0.25) is 5.02 Å². The van der Waals surface area contributed by atoms with Crippen LogP contribution in [0.1, 0.15) is 37.5 Å². The zero-order valence-electron chi connectivity index (χ0n) is 20.6. The number of carbonyl (C=O) groups excluding carboxylic acids is 2. The first kappa shape index (κ1) is 27.7. The highest BCUT2D eigenvalue weighted by atomic mass is 35.5. The topological polar surface area (TPSA) is 86.8 Å². The molecule has 0 radical (unpaired) electrons. The summed E-state index contributed by atoms with van der Waals surface area (Å²) in [5, 5.41) is 3.41. The van der Waals surface area contributed by atoms with Crippen LogP contribution in [0.15, 0.2) is 42.5 Å². The number of nitrogens with zero attached hydrogens (tertiary/aromatic N) is 2. The molecule has 1 N–H and O–H groups in total. The normalized spacial score (nSPS) is 12.4. The van der Waals surface area contributed by atoms with Gasteiger partial charge >= 0.3 is 0 Å². The summed E-state index contributed by atoms with van der Waals surface area (Å²) < 4.78 is 26.4. The molecule has 2 aromatic carbocycles. The Kier molecular flexibility index (Phi) is 9.53. The maximum Gasteiger partial charge on any atom is 0.244 e. The second-order valence-corrected chi connectivity index (χ2v) is 11.4. The van der Waals surface area contributed by atoms with Gasteiger partial charge in [-0.1, -0.05) is 55.3 Å². The summed E-state index contributed by atoms with van der Waals surface area (Å²) >= 11 is 5.99. The van der Waals surface area contributed by atoms with E-state index in [1.807, 2.05) is 26.8 Å². The molecule has 0 aliphatic heterocycles. The van der Waals surface area contributed by atoms with Crippen LogP contribution in [0, 0.1) is 19.8 Å². The van der Waals surface area contributed by atoms with Crippen molar-refractivity contribution in [3.63, 3.8) is 0 Å². The van der Waals surface area contributed by atoms with E-state index in [-0.39, 0.29) is 18.4 Å². The van der Waals surface area contributed by atoms with E-state index in [4.69, 9.17) is 11.6 Å². The van der Waals surface area contributed by atoms with Crippen LogP contribution in [0.5, 0.6) is 0 Å². The van der Waals surface area contributed by atoms with E-state index in [0.29, 0.717) is 17.3 Å². The van der Waals surface area contributed by atoms with Gasteiger partial charge in [0, 0.05) is 18.1 Å². The van der Waals surface area contributed by atoms with Gasteiger partial charge in [-0.15, -0.1) is 0 Å². The second kappa shape index (κ2) is 11.7. The Balaban J connectivity index is 2.39. The molecule has 0 aromatic heterocycles. The second-order valence-electron chi connectivity index (χ2n) is 9.02.